The number of hydrogen-bond acceptors (Lipinski definition) is 2. The smallest absolute Gasteiger partial charge is 0.0675 e. The zero-order valence-electron chi connectivity index (χ0n) is 14.6. The van der Waals surface area contributed by atoms with E-state index < -0.39 is 5.60 Å². The zero-order chi connectivity index (χ0) is 15.8. The van der Waals surface area contributed by atoms with Gasteiger partial charge in [-0.1, -0.05) is 13.8 Å². The first-order chi connectivity index (χ1) is 10.3. The van der Waals surface area contributed by atoms with Crippen molar-refractivity contribution in [2.45, 2.75) is 90.3 Å². The first kappa shape index (κ1) is 15.4. The van der Waals surface area contributed by atoms with Gasteiger partial charge in [-0.3, -0.25) is 0 Å². The molecule has 0 aromatic heterocycles. The van der Waals surface area contributed by atoms with E-state index in [-0.39, 0.29) is 11.5 Å². The van der Waals surface area contributed by atoms with E-state index in [0.29, 0.717) is 5.41 Å². The van der Waals surface area contributed by atoms with Gasteiger partial charge in [0.2, 0.25) is 0 Å². The van der Waals surface area contributed by atoms with Crippen molar-refractivity contribution in [3.63, 3.8) is 0 Å². The van der Waals surface area contributed by atoms with Crippen LogP contribution in [-0.2, 0) is 0 Å². The molecule has 0 amide bonds. The maximum Gasteiger partial charge on any atom is 0.0675 e. The molecular formula is C20H34O2. The summed E-state index contributed by atoms with van der Waals surface area (Å²) in [5.74, 6) is 3.13. The summed E-state index contributed by atoms with van der Waals surface area (Å²) in [5.41, 5.74) is 0.145. The van der Waals surface area contributed by atoms with Gasteiger partial charge in [-0.05, 0) is 99.2 Å². The monoisotopic (exact) mass is 306 g/mol. The molecule has 4 aliphatic rings. The number of aliphatic hydroxyl groups is 2. The van der Waals surface area contributed by atoms with Crippen LogP contribution in [0.5, 0.6) is 0 Å². The molecule has 4 rings (SSSR count). The summed E-state index contributed by atoms with van der Waals surface area (Å²) in [4.78, 5) is 0. The lowest BCUT2D eigenvalue weighted by atomic mass is 9.44. The van der Waals surface area contributed by atoms with Gasteiger partial charge < -0.3 is 10.2 Å². The van der Waals surface area contributed by atoms with Crippen molar-refractivity contribution in [2.75, 3.05) is 0 Å². The molecule has 0 aromatic rings. The fourth-order valence-corrected chi connectivity index (χ4v) is 7.48. The number of rotatable bonds is 0. The van der Waals surface area contributed by atoms with Crippen molar-refractivity contribution in [3.05, 3.63) is 0 Å². The van der Waals surface area contributed by atoms with E-state index in [1.54, 1.807) is 0 Å². The third-order valence-electron chi connectivity index (χ3n) is 9.20. The molecule has 0 spiro atoms. The first-order valence-electron chi connectivity index (χ1n) is 9.68. The van der Waals surface area contributed by atoms with E-state index in [9.17, 15) is 10.2 Å². The van der Waals surface area contributed by atoms with E-state index in [1.807, 2.05) is 0 Å². The molecule has 0 bridgehead atoms. The van der Waals surface area contributed by atoms with Crippen LogP contribution >= 0.6 is 0 Å². The summed E-state index contributed by atoms with van der Waals surface area (Å²) < 4.78 is 0. The van der Waals surface area contributed by atoms with Crippen LogP contribution in [0.2, 0.25) is 0 Å². The Labute approximate surface area is 135 Å². The highest BCUT2D eigenvalue weighted by molar-refractivity contribution is 5.12. The SMILES string of the molecule is C[C@]12CCC(O)CC1CC[C@@H]1[C@@H]2CC[C@@]2(C)[C@H]1CC[C@]2(C)O. The molecule has 0 saturated heterocycles. The molecule has 22 heavy (non-hydrogen) atoms. The van der Waals surface area contributed by atoms with Crippen molar-refractivity contribution >= 4 is 0 Å². The van der Waals surface area contributed by atoms with Gasteiger partial charge in [-0.15, -0.1) is 0 Å². The fourth-order valence-electron chi connectivity index (χ4n) is 7.48. The Morgan fingerprint density at radius 1 is 0.818 bits per heavy atom. The molecule has 4 fully saturated rings. The molecular weight excluding hydrogens is 272 g/mol. The lowest BCUT2D eigenvalue weighted by Gasteiger charge is -2.61. The number of hydrogen-bond donors (Lipinski definition) is 2. The first-order valence-corrected chi connectivity index (χ1v) is 9.68. The quantitative estimate of drug-likeness (QED) is 0.706. The summed E-state index contributed by atoms with van der Waals surface area (Å²) in [6.07, 6.45) is 10.6. The van der Waals surface area contributed by atoms with Crippen LogP contribution in [0.1, 0.15) is 78.6 Å². The topological polar surface area (TPSA) is 40.5 Å². The molecule has 0 heterocycles. The minimum Gasteiger partial charge on any atom is -0.393 e. The van der Waals surface area contributed by atoms with Crippen LogP contribution in [0.4, 0.5) is 0 Å². The summed E-state index contributed by atoms with van der Waals surface area (Å²) in [7, 11) is 0. The van der Waals surface area contributed by atoms with Crippen molar-refractivity contribution in [2.24, 2.45) is 34.5 Å². The Bertz CT molecular complexity index is 459. The van der Waals surface area contributed by atoms with Gasteiger partial charge in [0.1, 0.15) is 0 Å². The molecule has 0 aliphatic heterocycles. The lowest BCUT2D eigenvalue weighted by molar-refractivity contribution is -0.153. The molecule has 126 valence electrons. The molecule has 2 heteroatoms. The van der Waals surface area contributed by atoms with Crippen LogP contribution in [0, 0.1) is 34.5 Å². The van der Waals surface area contributed by atoms with Crippen molar-refractivity contribution < 1.29 is 10.2 Å². The van der Waals surface area contributed by atoms with Crippen molar-refractivity contribution in [3.8, 4) is 0 Å². The fraction of sp³-hybridized carbons (Fsp3) is 1.00. The Morgan fingerprint density at radius 2 is 1.55 bits per heavy atom. The minimum absolute atomic E-state index is 0.0457. The molecule has 2 N–H and O–H groups in total. The van der Waals surface area contributed by atoms with Gasteiger partial charge in [0.05, 0.1) is 11.7 Å². The predicted octanol–water partition coefficient (Wildman–Crippen LogP) is 4.14. The Kier molecular flexibility index (Phi) is 3.32. The zero-order valence-corrected chi connectivity index (χ0v) is 14.6. The second-order valence-corrected chi connectivity index (χ2v) is 9.85. The number of fused-ring (bicyclic) bond motifs is 5. The highest BCUT2D eigenvalue weighted by Crippen LogP contribution is 2.68. The minimum atomic E-state index is -0.455. The highest BCUT2D eigenvalue weighted by atomic mass is 16.3. The largest absolute Gasteiger partial charge is 0.393 e. The van der Waals surface area contributed by atoms with Gasteiger partial charge >= 0.3 is 0 Å². The average molecular weight is 306 g/mol. The molecule has 4 saturated carbocycles. The van der Waals surface area contributed by atoms with E-state index >= 15 is 0 Å². The van der Waals surface area contributed by atoms with Gasteiger partial charge in [0, 0.05) is 0 Å². The van der Waals surface area contributed by atoms with Crippen LogP contribution in [0.25, 0.3) is 0 Å². The summed E-state index contributed by atoms with van der Waals surface area (Å²) >= 11 is 0. The molecule has 2 nitrogen and oxygen atoms in total. The normalized spacial score (nSPS) is 61.2. The Morgan fingerprint density at radius 3 is 2.32 bits per heavy atom. The van der Waals surface area contributed by atoms with E-state index in [2.05, 4.69) is 20.8 Å². The van der Waals surface area contributed by atoms with Crippen LogP contribution in [0.3, 0.4) is 0 Å². The third kappa shape index (κ3) is 1.86. The lowest BCUT2D eigenvalue weighted by Crippen LogP contribution is -2.56. The predicted molar refractivity (Wildman–Crippen MR) is 88.4 cm³/mol. The van der Waals surface area contributed by atoms with E-state index in [4.69, 9.17) is 0 Å². The summed E-state index contributed by atoms with van der Waals surface area (Å²) in [5, 5.41) is 21.0. The highest BCUT2D eigenvalue weighted by Gasteiger charge is 2.63. The summed E-state index contributed by atoms with van der Waals surface area (Å²) in [6, 6.07) is 0. The number of aliphatic hydroxyl groups excluding tert-OH is 1. The van der Waals surface area contributed by atoms with Crippen LogP contribution in [0.15, 0.2) is 0 Å². The van der Waals surface area contributed by atoms with Gasteiger partial charge in [-0.2, -0.15) is 0 Å². The third-order valence-corrected chi connectivity index (χ3v) is 9.20. The summed E-state index contributed by atoms with van der Waals surface area (Å²) in [6.45, 7) is 7.01. The van der Waals surface area contributed by atoms with Crippen molar-refractivity contribution in [1.29, 1.82) is 0 Å². The maximum atomic E-state index is 10.9. The molecule has 4 aliphatic carbocycles. The molecule has 8 atom stereocenters. The second-order valence-electron chi connectivity index (χ2n) is 9.85. The molecule has 0 radical (unpaired) electrons. The van der Waals surface area contributed by atoms with Crippen molar-refractivity contribution in [1.82, 2.24) is 0 Å². The average Bonchev–Trinajstić information content (AvgIpc) is 2.70. The van der Waals surface area contributed by atoms with Crippen LogP contribution in [-0.4, -0.2) is 21.9 Å². The molecule has 0 aromatic carbocycles. The Balaban J connectivity index is 1.64. The van der Waals surface area contributed by atoms with E-state index in [1.165, 1.54) is 38.5 Å². The standard InChI is InChI=1S/C20H34O2/c1-18-9-6-14(21)12-13(18)4-5-15-16(18)7-10-19(2)17(15)8-11-20(19,3)22/h13-17,21-22H,4-12H2,1-3H3/t13?,14?,15-,16+,17+,18+,19+,20+/m1/s1. The van der Waals surface area contributed by atoms with Gasteiger partial charge in [0.15, 0.2) is 0 Å². The van der Waals surface area contributed by atoms with E-state index in [0.717, 1.165) is 42.9 Å². The Hall–Kier alpha value is -0.0800. The maximum absolute atomic E-state index is 10.9. The van der Waals surface area contributed by atoms with Crippen LogP contribution < -0.4 is 0 Å². The van der Waals surface area contributed by atoms with Gasteiger partial charge in [-0.25, -0.2) is 0 Å². The molecule has 2 unspecified atom stereocenters. The van der Waals surface area contributed by atoms with Gasteiger partial charge in [0.25, 0.3) is 0 Å². The second kappa shape index (κ2) is 4.72.